The fourth-order valence-corrected chi connectivity index (χ4v) is 2.55. The zero-order chi connectivity index (χ0) is 15.1. The van der Waals surface area contributed by atoms with Crippen LogP contribution < -0.4 is 0 Å². The largest absolute Gasteiger partial charge is 0.416 e. The van der Waals surface area contributed by atoms with Crippen molar-refractivity contribution in [1.29, 1.82) is 0 Å². The Balaban J connectivity index is 2.56. The first-order valence-electron chi connectivity index (χ1n) is 6.47. The minimum Gasteiger partial charge on any atom is -0.166 e. The van der Waals surface area contributed by atoms with Crippen LogP contribution in [-0.4, -0.2) is 0 Å². The van der Waals surface area contributed by atoms with Gasteiger partial charge in [0.1, 0.15) is 0 Å². The van der Waals surface area contributed by atoms with Gasteiger partial charge in [0.25, 0.3) is 0 Å². The molecule has 0 aliphatic heterocycles. The third kappa shape index (κ3) is 2.58. The Morgan fingerprint density at radius 3 is 1.80 bits per heavy atom. The van der Waals surface area contributed by atoms with Crippen molar-refractivity contribution < 1.29 is 13.2 Å². The van der Waals surface area contributed by atoms with E-state index >= 15 is 0 Å². The van der Waals surface area contributed by atoms with Gasteiger partial charge in [0, 0.05) is 0 Å². The van der Waals surface area contributed by atoms with Crippen molar-refractivity contribution in [2.24, 2.45) is 0 Å². The molecule has 0 unspecified atom stereocenters. The van der Waals surface area contributed by atoms with Crippen molar-refractivity contribution >= 4 is 0 Å². The quantitative estimate of drug-likeness (QED) is 0.636. The summed E-state index contributed by atoms with van der Waals surface area (Å²) < 4.78 is 37.8. The van der Waals surface area contributed by atoms with E-state index in [-0.39, 0.29) is 0 Å². The summed E-state index contributed by atoms with van der Waals surface area (Å²) in [4.78, 5) is 0. The molecule has 0 radical (unpaired) electrons. The summed E-state index contributed by atoms with van der Waals surface area (Å²) in [6, 6.07) is 7.46. The summed E-state index contributed by atoms with van der Waals surface area (Å²) in [5.74, 6) is 0. The van der Waals surface area contributed by atoms with Crippen LogP contribution in [0.2, 0.25) is 0 Å². The monoisotopic (exact) mass is 278 g/mol. The summed E-state index contributed by atoms with van der Waals surface area (Å²) >= 11 is 0. The molecule has 2 rings (SSSR count). The summed E-state index contributed by atoms with van der Waals surface area (Å²) in [5.41, 5.74) is 5.85. The number of hydrogen-bond acceptors (Lipinski definition) is 0. The van der Waals surface area contributed by atoms with Crippen molar-refractivity contribution in [3.63, 3.8) is 0 Å². The van der Waals surface area contributed by atoms with Crippen LogP contribution in [0.15, 0.2) is 30.3 Å². The Kier molecular flexibility index (Phi) is 3.63. The lowest BCUT2D eigenvalue weighted by atomic mass is 9.90. The molecule has 0 aliphatic carbocycles. The Hall–Kier alpha value is -1.77. The average Bonchev–Trinajstić information content (AvgIpc) is 2.36. The highest BCUT2D eigenvalue weighted by molar-refractivity contribution is 5.73. The predicted molar refractivity (Wildman–Crippen MR) is 75.8 cm³/mol. The van der Waals surface area contributed by atoms with Gasteiger partial charge in [-0.2, -0.15) is 13.2 Å². The van der Waals surface area contributed by atoms with Gasteiger partial charge in [-0.15, -0.1) is 0 Å². The van der Waals surface area contributed by atoms with Crippen LogP contribution >= 0.6 is 0 Å². The molecule has 2 aromatic rings. The summed E-state index contributed by atoms with van der Waals surface area (Å²) in [6.45, 7) is 8.10. The maximum absolute atomic E-state index is 12.6. The lowest BCUT2D eigenvalue weighted by Gasteiger charge is -2.16. The van der Waals surface area contributed by atoms with E-state index in [1.54, 1.807) is 12.1 Å². The van der Waals surface area contributed by atoms with Crippen LogP contribution in [0.5, 0.6) is 0 Å². The molecule has 0 spiro atoms. The number of alkyl halides is 3. The topological polar surface area (TPSA) is 0 Å². The molecule has 3 heteroatoms. The normalized spacial score (nSPS) is 11.8. The van der Waals surface area contributed by atoms with Crippen LogP contribution in [0.4, 0.5) is 13.2 Å². The van der Waals surface area contributed by atoms with E-state index < -0.39 is 11.7 Å². The summed E-state index contributed by atoms with van der Waals surface area (Å²) in [6.07, 6.45) is -4.29. The molecule has 2 aromatic carbocycles. The van der Waals surface area contributed by atoms with E-state index in [0.717, 1.165) is 34.4 Å². The van der Waals surface area contributed by atoms with E-state index in [1.807, 2.05) is 27.7 Å². The van der Waals surface area contributed by atoms with Crippen molar-refractivity contribution in [2.45, 2.75) is 33.9 Å². The van der Waals surface area contributed by atoms with Crippen molar-refractivity contribution in [3.05, 3.63) is 58.1 Å². The number of benzene rings is 2. The molecule has 0 saturated carbocycles. The third-order valence-corrected chi connectivity index (χ3v) is 3.86. The lowest BCUT2D eigenvalue weighted by molar-refractivity contribution is -0.137. The number of rotatable bonds is 1. The second kappa shape index (κ2) is 4.97. The summed E-state index contributed by atoms with van der Waals surface area (Å²) in [7, 11) is 0. The third-order valence-electron chi connectivity index (χ3n) is 3.86. The van der Waals surface area contributed by atoms with Gasteiger partial charge < -0.3 is 0 Å². The van der Waals surface area contributed by atoms with Gasteiger partial charge in [-0.1, -0.05) is 18.2 Å². The first-order valence-corrected chi connectivity index (χ1v) is 6.47. The van der Waals surface area contributed by atoms with Gasteiger partial charge in [0.2, 0.25) is 0 Å². The number of halogens is 3. The molecular formula is C17H17F3. The highest BCUT2D eigenvalue weighted by Crippen LogP contribution is 2.34. The van der Waals surface area contributed by atoms with E-state index in [2.05, 4.69) is 6.07 Å². The van der Waals surface area contributed by atoms with Gasteiger partial charge in [-0.25, -0.2) is 0 Å². The minimum absolute atomic E-state index is 0.611. The Morgan fingerprint density at radius 1 is 0.750 bits per heavy atom. The van der Waals surface area contributed by atoms with E-state index in [0.29, 0.717) is 0 Å². The molecule has 0 atom stereocenters. The van der Waals surface area contributed by atoms with Gasteiger partial charge in [0.05, 0.1) is 5.56 Å². The molecule has 0 nitrogen and oxygen atoms in total. The Morgan fingerprint density at radius 2 is 1.30 bits per heavy atom. The Bertz CT molecular complexity index is 635. The minimum atomic E-state index is -4.29. The van der Waals surface area contributed by atoms with Crippen LogP contribution in [0, 0.1) is 27.7 Å². The first kappa shape index (κ1) is 14.6. The van der Waals surface area contributed by atoms with Crippen LogP contribution in [-0.2, 0) is 6.18 Å². The first-order chi connectivity index (χ1) is 9.21. The second-order valence-electron chi connectivity index (χ2n) is 5.21. The molecule has 0 N–H and O–H groups in total. The molecule has 106 valence electrons. The van der Waals surface area contributed by atoms with Crippen LogP contribution in [0.1, 0.15) is 27.8 Å². The molecule has 0 aliphatic rings. The fraction of sp³-hybridized carbons (Fsp3) is 0.294. The summed E-state index contributed by atoms with van der Waals surface area (Å²) in [5, 5.41) is 0. The van der Waals surface area contributed by atoms with Gasteiger partial charge >= 0.3 is 6.18 Å². The van der Waals surface area contributed by atoms with Crippen molar-refractivity contribution in [1.82, 2.24) is 0 Å². The van der Waals surface area contributed by atoms with Crippen LogP contribution in [0.3, 0.4) is 0 Å². The maximum Gasteiger partial charge on any atom is 0.416 e. The Labute approximate surface area is 117 Å². The van der Waals surface area contributed by atoms with E-state index in [9.17, 15) is 13.2 Å². The van der Waals surface area contributed by atoms with E-state index in [1.165, 1.54) is 11.1 Å². The molecule has 0 fully saturated rings. The van der Waals surface area contributed by atoms with Crippen LogP contribution in [0.25, 0.3) is 11.1 Å². The zero-order valence-corrected chi connectivity index (χ0v) is 12.0. The molecule has 20 heavy (non-hydrogen) atoms. The second-order valence-corrected chi connectivity index (χ2v) is 5.21. The average molecular weight is 278 g/mol. The highest BCUT2D eigenvalue weighted by Gasteiger charge is 2.30. The number of hydrogen-bond donors (Lipinski definition) is 0. The van der Waals surface area contributed by atoms with Gasteiger partial charge in [-0.05, 0) is 73.2 Å². The molecule has 0 saturated heterocycles. The smallest absolute Gasteiger partial charge is 0.166 e. The number of aryl methyl sites for hydroxylation is 2. The standard InChI is InChI=1S/C17H17F3/c1-10-9-11(2)16(13(4)12(10)3)14-5-7-15(8-6-14)17(18,19)20/h5-9H,1-4H3. The molecule has 0 aromatic heterocycles. The molecule has 0 heterocycles. The fourth-order valence-electron chi connectivity index (χ4n) is 2.55. The van der Waals surface area contributed by atoms with Crippen molar-refractivity contribution in [3.8, 4) is 11.1 Å². The lowest BCUT2D eigenvalue weighted by Crippen LogP contribution is -2.04. The maximum atomic E-state index is 12.6. The highest BCUT2D eigenvalue weighted by atomic mass is 19.4. The zero-order valence-electron chi connectivity index (χ0n) is 12.0. The molecule has 0 bridgehead atoms. The molecular weight excluding hydrogens is 261 g/mol. The van der Waals surface area contributed by atoms with Gasteiger partial charge in [-0.3, -0.25) is 0 Å². The predicted octanol–water partition coefficient (Wildman–Crippen LogP) is 5.61. The van der Waals surface area contributed by atoms with E-state index in [4.69, 9.17) is 0 Å². The molecule has 0 amide bonds. The SMILES string of the molecule is Cc1cc(C)c(-c2ccc(C(F)(F)F)cc2)c(C)c1C. The van der Waals surface area contributed by atoms with Gasteiger partial charge in [0.15, 0.2) is 0 Å². The van der Waals surface area contributed by atoms with Crippen molar-refractivity contribution in [2.75, 3.05) is 0 Å².